The van der Waals surface area contributed by atoms with Crippen LogP contribution in [0.25, 0.3) is 0 Å². The highest BCUT2D eigenvalue weighted by molar-refractivity contribution is 5.77. The van der Waals surface area contributed by atoms with Crippen LogP contribution in [0.5, 0.6) is 0 Å². The maximum atomic E-state index is 13.1. The monoisotopic (exact) mass is 750 g/mol. The van der Waals surface area contributed by atoms with Crippen molar-refractivity contribution >= 4 is 11.9 Å². The molecule has 3 unspecified atom stereocenters. The van der Waals surface area contributed by atoms with E-state index < -0.39 is 18.2 Å². The normalized spacial score (nSPS) is 14.4. The molecule has 0 spiro atoms. The summed E-state index contributed by atoms with van der Waals surface area (Å²) >= 11 is 0. The molecule has 0 aliphatic carbocycles. The van der Waals surface area contributed by atoms with Gasteiger partial charge in [-0.05, 0) is 57.8 Å². The predicted molar refractivity (Wildman–Crippen MR) is 231 cm³/mol. The number of hydrogen-bond donors (Lipinski definition) is 3. The second kappa shape index (κ2) is 41.0. The quantitative estimate of drug-likeness (QED) is 0.0337. The van der Waals surface area contributed by atoms with Crippen LogP contribution in [0.1, 0.15) is 168 Å². The van der Waals surface area contributed by atoms with Gasteiger partial charge in [-0.3, -0.25) is 9.59 Å². The summed E-state index contributed by atoms with van der Waals surface area (Å²) in [6.45, 7) is 6.13. The summed E-state index contributed by atoms with van der Waals surface area (Å²) in [7, 11) is 0. The van der Waals surface area contributed by atoms with Crippen LogP contribution in [0.4, 0.5) is 0 Å². The number of unbranched alkanes of at least 4 members (excludes halogenated alkanes) is 14. The molecule has 0 aliphatic rings. The lowest BCUT2D eigenvalue weighted by Gasteiger charge is -2.24. The first kappa shape index (κ1) is 50.8. The van der Waals surface area contributed by atoms with Crippen molar-refractivity contribution in [2.75, 3.05) is 6.61 Å². The molecule has 6 nitrogen and oxygen atoms in total. The molecule has 54 heavy (non-hydrogen) atoms. The van der Waals surface area contributed by atoms with Crippen LogP contribution in [-0.4, -0.2) is 46.9 Å². The second-order valence-electron chi connectivity index (χ2n) is 14.2. The Morgan fingerprint density at radius 1 is 0.556 bits per heavy atom. The fourth-order valence-corrected chi connectivity index (χ4v) is 5.87. The van der Waals surface area contributed by atoms with Gasteiger partial charge in [0.05, 0.1) is 25.2 Å². The van der Waals surface area contributed by atoms with Crippen molar-refractivity contribution in [3.05, 3.63) is 97.2 Å². The van der Waals surface area contributed by atoms with Gasteiger partial charge in [0.15, 0.2) is 0 Å². The summed E-state index contributed by atoms with van der Waals surface area (Å²) in [5.74, 6) is -0.598. The van der Waals surface area contributed by atoms with Gasteiger partial charge in [0, 0.05) is 6.42 Å². The zero-order valence-corrected chi connectivity index (χ0v) is 34.6. The number of amides is 1. The van der Waals surface area contributed by atoms with Gasteiger partial charge < -0.3 is 20.3 Å². The highest BCUT2D eigenvalue weighted by atomic mass is 16.5. The van der Waals surface area contributed by atoms with E-state index in [9.17, 15) is 19.8 Å². The van der Waals surface area contributed by atoms with Crippen LogP contribution in [0.15, 0.2) is 97.2 Å². The van der Waals surface area contributed by atoms with E-state index in [0.29, 0.717) is 19.3 Å². The van der Waals surface area contributed by atoms with Crippen LogP contribution in [0.2, 0.25) is 0 Å². The van der Waals surface area contributed by atoms with Crippen molar-refractivity contribution in [2.45, 2.75) is 187 Å². The number of allylic oxidation sites excluding steroid dienone is 16. The summed E-state index contributed by atoms with van der Waals surface area (Å²) in [4.78, 5) is 25.9. The fourth-order valence-electron chi connectivity index (χ4n) is 5.87. The minimum absolute atomic E-state index is 0.0288. The van der Waals surface area contributed by atoms with Gasteiger partial charge in [-0.15, -0.1) is 0 Å². The number of ether oxygens (including phenoxy) is 1. The van der Waals surface area contributed by atoms with E-state index in [1.165, 1.54) is 38.5 Å². The topological polar surface area (TPSA) is 95.9 Å². The first-order chi connectivity index (χ1) is 26.5. The lowest BCUT2D eigenvalue weighted by atomic mass is 10.0. The average Bonchev–Trinajstić information content (AvgIpc) is 3.16. The summed E-state index contributed by atoms with van der Waals surface area (Å²) in [6, 6.07) is -0.726. The molecule has 6 heteroatoms. The number of nitrogens with one attached hydrogen (secondary N) is 1. The largest absolute Gasteiger partial charge is 0.462 e. The number of carbonyl (C=O) groups excluding carboxylic acids is 2. The molecular formula is C48H79NO5. The van der Waals surface area contributed by atoms with Gasteiger partial charge in [0.1, 0.15) is 6.10 Å². The molecule has 0 radical (unpaired) electrons. The third-order valence-corrected chi connectivity index (χ3v) is 9.10. The highest BCUT2D eigenvalue weighted by Crippen LogP contribution is 2.16. The fraction of sp³-hybridized carbons (Fsp3) is 0.625. The van der Waals surface area contributed by atoms with Crippen LogP contribution in [0, 0.1) is 0 Å². The van der Waals surface area contributed by atoms with Crippen molar-refractivity contribution in [1.82, 2.24) is 5.32 Å². The summed E-state index contributed by atoms with van der Waals surface area (Å²) in [6.07, 6.45) is 53.3. The third-order valence-electron chi connectivity index (χ3n) is 9.10. The zero-order chi connectivity index (χ0) is 39.6. The summed E-state index contributed by atoms with van der Waals surface area (Å²) in [5.41, 5.74) is 0. The van der Waals surface area contributed by atoms with E-state index in [1.54, 1.807) is 0 Å². The van der Waals surface area contributed by atoms with E-state index in [4.69, 9.17) is 4.74 Å². The number of aliphatic hydroxyl groups is 2. The standard InChI is InChI=1S/C48H79NO5/c1-4-7-10-13-16-19-21-23-25-28-30-33-36-39-44(54-48(53)41-38-35-32-29-26-24-22-20-17-14-11-8-5-2)42-47(52)49-45(43-50)46(51)40-37-34-31-27-18-15-12-9-6-3/h7-8,10-11,13-14,16-17,19-22,24,26,29,32,44-46,50-51H,4-6,9,12,15,18,23,25,27-28,30-31,33-43H2,1-3H3,(H,49,52)/b10-7+,11-8+,16-13+,17-14+,21-19+,22-20-,26-24-,32-29+. The lowest BCUT2D eigenvalue weighted by Crippen LogP contribution is -2.46. The van der Waals surface area contributed by atoms with Gasteiger partial charge in [0.25, 0.3) is 0 Å². The maximum absolute atomic E-state index is 13.1. The Labute approximate surface area is 331 Å². The Balaban J connectivity index is 4.81. The molecule has 0 aromatic rings. The van der Waals surface area contributed by atoms with Gasteiger partial charge in [-0.25, -0.2) is 0 Å². The average molecular weight is 750 g/mol. The first-order valence-corrected chi connectivity index (χ1v) is 21.6. The number of hydrogen-bond acceptors (Lipinski definition) is 5. The minimum atomic E-state index is -0.808. The highest BCUT2D eigenvalue weighted by Gasteiger charge is 2.24. The molecule has 306 valence electrons. The Kier molecular flexibility index (Phi) is 38.5. The molecular weight excluding hydrogens is 671 g/mol. The van der Waals surface area contributed by atoms with Crippen LogP contribution >= 0.6 is 0 Å². The Morgan fingerprint density at radius 2 is 1.00 bits per heavy atom. The second-order valence-corrected chi connectivity index (χ2v) is 14.2. The lowest BCUT2D eigenvalue weighted by molar-refractivity contribution is -0.151. The van der Waals surface area contributed by atoms with Gasteiger partial charge in [-0.1, -0.05) is 195 Å². The van der Waals surface area contributed by atoms with Crippen molar-refractivity contribution in [1.29, 1.82) is 0 Å². The molecule has 3 N–H and O–H groups in total. The number of esters is 1. The zero-order valence-electron chi connectivity index (χ0n) is 34.6. The molecule has 0 aromatic carbocycles. The van der Waals surface area contributed by atoms with Crippen molar-refractivity contribution in [3.63, 3.8) is 0 Å². The molecule has 0 aromatic heterocycles. The SMILES string of the molecule is CC/C=C/C=C/C=C\C=C/C=C/CCCC(=O)OC(CCCCCCC/C=C/C=C/C=C/CC)CC(=O)NC(CO)C(O)CCCCCCCCCCC. The predicted octanol–water partition coefficient (Wildman–Crippen LogP) is 12.2. The van der Waals surface area contributed by atoms with Crippen LogP contribution in [-0.2, 0) is 14.3 Å². The Bertz CT molecular complexity index is 1110. The van der Waals surface area contributed by atoms with Crippen LogP contribution < -0.4 is 5.32 Å². The molecule has 0 heterocycles. The Hall–Kier alpha value is -3.22. The van der Waals surface area contributed by atoms with Crippen molar-refractivity contribution in [2.24, 2.45) is 0 Å². The smallest absolute Gasteiger partial charge is 0.306 e. The first-order valence-electron chi connectivity index (χ1n) is 21.6. The molecule has 3 atom stereocenters. The molecule has 1 amide bonds. The van der Waals surface area contributed by atoms with Crippen molar-refractivity contribution < 1.29 is 24.5 Å². The van der Waals surface area contributed by atoms with E-state index >= 15 is 0 Å². The van der Waals surface area contributed by atoms with E-state index in [2.05, 4.69) is 68.6 Å². The molecule has 0 saturated heterocycles. The molecule has 0 rings (SSSR count). The summed E-state index contributed by atoms with van der Waals surface area (Å²) in [5, 5.41) is 23.5. The minimum Gasteiger partial charge on any atom is -0.462 e. The van der Waals surface area contributed by atoms with Crippen LogP contribution in [0.3, 0.4) is 0 Å². The Morgan fingerprint density at radius 3 is 1.52 bits per heavy atom. The summed E-state index contributed by atoms with van der Waals surface area (Å²) < 4.78 is 5.84. The van der Waals surface area contributed by atoms with E-state index in [0.717, 1.165) is 77.0 Å². The van der Waals surface area contributed by atoms with E-state index in [1.807, 2.05) is 54.7 Å². The molecule has 0 saturated carbocycles. The number of carbonyl (C=O) groups is 2. The van der Waals surface area contributed by atoms with E-state index in [-0.39, 0.29) is 31.3 Å². The maximum Gasteiger partial charge on any atom is 0.306 e. The van der Waals surface area contributed by atoms with Gasteiger partial charge in [0.2, 0.25) is 5.91 Å². The van der Waals surface area contributed by atoms with Crippen molar-refractivity contribution in [3.8, 4) is 0 Å². The molecule has 0 fully saturated rings. The van der Waals surface area contributed by atoms with Gasteiger partial charge in [-0.2, -0.15) is 0 Å². The third kappa shape index (κ3) is 35.8. The number of rotatable bonds is 36. The number of aliphatic hydroxyl groups excluding tert-OH is 2. The molecule has 0 bridgehead atoms. The molecule has 0 aliphatic heterocycles. The van der Waals surface area contributed by atoms with Gasteiger partial charge >= 0.3 is 5.97 Å².